The van der Waals surface area contributed by atoms with Crippen LogP contribution in [0.5, 0.6) is 0 Å². The van der Waals surface area contributed by atoms with Crippen LogP contribution in [0.1, 0.15) is 64.4 Å². The van der Waals surface area contributed by atoms with Gasteiger partial charge in [-0.2, -0.15) is 0 Å². The Bertz CT molecular complexity index is 1470. The number of benzene rings is 3. The van der Waals surface area contributed by atoms with Gasteiger partial charge in [0.1, 0.15) is 11.6 Å². The minimum atomic E-state index is -0.948. The Hall–Kier alpha value is -3.53. The number of carbonyl (C=O) groups is 3. The third-order valence-electron chi connectivity index (χ3n) is 7.24. The van der Waals surface area contributed by atoms with Crippen LogP contribution in [0.15, 0.2) is 54.6 Å². The second-order valence-electron chi connectivity index (χ2n) is 10.1. The number of nitrogens with two attached hydrogens (primary N) is 1. The summed E-state index contributed by atoms with van der Waals surface area (Å²) in [5.41, 5.74) is 6.83. The predicted octanol–water partition coefficient (Wildman–Crippen LogP) is 6.00. The summed E-state index contributed by atoms with van der Waals surface area (Å²) in [6.45, 7) is 0. The molecule has 0 aromatic heterocycles. The molecule has 40 heavy (non-hydrogen) atoms. The summed E-state index contributed by atoms with van der Waals surface area (Å²) in [6.07, 6.45) is 2.95. The number of amides is 3. The van der Waals surface area contributed by atoms with Crippen molar-refractivity contribution in [2.75, 3.05) is 10.2 Å². The van der Waals surface area contributed by atoms with Gasteiger partial charge in [-0.15, -0.1) is 0 Å². The zero-order valence-electron chi connectivity index (χ0n) is 21.2. The lowest BCUT2D eigenvalue weighted by molar-refractivity contribution is -0.116. The third kappa shape index (κ3) is 5.96. The molecule has 11 heteroatoms. The molecule has 3 amide bonds. The van der Waals surface area contributed by atoms with E-state index < -0.39 is 29.5 Å². The van der Waals surface area contributed by atoms with Gasteiger partial charge in [0.15, 0.2) is 0 Å². The van der Waals surface area contributed by atoms with Crippen LogP contribution in [0.25, 0.3) is 0 Å². The normalized spacial score (nSPS) is 20.8. The van der Waals surface area contributed by atoms with Gasteiger partial charge in [0, 0.05) is 39.3 Å². The van der Waals surface area contributed by atoms with E-state index in [4.69, 9.17) is 28.9 Å². The van der Waals surface area contributed by atoms with Crippen LogP contribution in [0.3, 0.4) is 0 Å². The molecule has 1 atom stereocenters. The van der Waals surface area contributed by atoms with Gasteiger partial charge in [-0.25, -0.2) is 8.78 Å². The summed E-state index contributed by atoms with van der Waals surface area (Å²) in [6, 6.07) is 10.9. The van der Waals surface area contributed by atoms with Gasteiger partial charge < -0.3 is 16.4 Å². The lowest BCUT2D eigenvalue weighted by atomic mass is 9.91. The number of nitrogens with one attached hydrogen (secondary N) is 2. The molecule has 1 unspecified atom stereocenters. The van der Waals surface area contributed by atoms with Gasteiger partial charge in [0.25, 0.3) is 11.8 Å². The number of hydrogen-bond donors (Lipinski definition) is 3. The minimum Gasteiger partial charge on any atom is -0.349 e. The van der Waals surface area contributed by atoms with Crippen molar-refractivity contribution in [2.45, 2.75) is 50.2 Å². The first-order valence-corrected chi connectivity index (χ1v) is 13.6. The minimum absolute atomic E-state index is 0.0157. The maximum Gasteiger partial charge on any atom is 0.259 e. The van der Waals surface area contributed by atoms with Crippen molar-refractivity contribution in [1.29, 1.82) is 0 Å². The third-order valence-corrected chi connectivity index (χ3v) is 7.80. The molecule has 3 aromatic rings. The lowest BCUT2D eigenvalue weighted by Crippen LogP contribution is -2.40. The number of halogens is 4. The molecule has 0 spiro atoms. The molecular weight excluding hydrogens is 561 g/mol. The zero-order chi connectivity index (χ0) is 28.6. The quantitative estimate of drug-likeness (QED) is 0.348. The molecule has 7 nitrogen and oxygen atoms in total. The van der Waals surface area contributed by atoms with Gasteiger partial charge in [-0.05, 0) is 73.7 Å². The Balaban J connectivity index is 1.57. The topological polar surface area (TPSA) is 105 Å². The van der Waals surface area contributed by atoms with E-state index >= 15 is 0 Å². The highest BCUT2D eigenvalue weighted by Crippen LogP contribution is 2.42. The van der Waals surface area contributed by atoms with E-state index in [1.165, 1.54) is 29.2 Å². The number of hydrogen-bond acceptors (Lipinski definition) is 4. The second kappa shape index (κ2) is 11.5. The molecule has 3 aromatic carbocycles. The van der Waals surface area contributed by atoms with Gasteiger partial charge in [-0.3, -0.25) is 19.3 Å². The maximum absolute atomic E-state index is 14.1. The zero-order valence-corrected chi connectivity index (χ0v) is 22.7. The van der Waals surface area contributed by atoms with E-state index in [1.54, 1.807) is 12.1 Å². The van der Waals surface area contributed by atoms with E-state index in [-0.39, 0.29) is 51.9 Å². The van der Waals surface area contributed by atoms with E-state index in [0.717, 1.165) is 37.8 Å². The SMILES string of the molecule is NC1CCC(NC(=O)c2ccc3c(c2)NC(=O)CC(c2ccc(Cl)cc2Cl)N3C(=O)c2cc(F)cc(F)c2)CC1. The van der Waals surface area contributed by atoms with Crippen LogP contribution in [-0.4, -0.2) is 29.8 Å². The molecule has 1 saturated carbocycles. The molecular formula is C29H26Cl2F2N4O3. The fourth-order valence-corrected chi connectivity index (χ4v) is 5.78. The molecule has 2 aliphatic rings. The summed E-state index contributed by atoms with van der Waals surface area (Å²) < 4.78 is 28.2. The van der Waals surface area contributed by atoms with Crippen molar-refractivity contribution in [3.8, 4) is 0 Å². The van der Waals surface area contributed by atoms with E-state index in [2.05, 4.69) is 10.6 Å². The Labute approximate surface area is 239 Å². The van der Waals surface area contributed by atoms with Crippen molar-refractivity contribution in [1.82, 2.24) is 5.32 Å². The Morgan fingerprint density at radius 3 is 2.30 bits per heavy atom. The first kappa shape index (κ1) is 28.0. The van der Waals surface area contributed by atoms with Crippen molar-refractivity contribution in [3.05, 3.63) is 93.0 Å². The van der Waals surface area contributed by atoms with Crippen molar-refractivity contribution >= 4 is 52.3 Å². The second-order valence-corrected chi connectivity index (χ2v) is 10.9. The van der Waals surface area contributed by atoms with Crippen LogP contribution in [0.2, 0.25) is 10.0 Å². The summed E-state index contributed by atoms with van der Waals surface area (Å²) in [5.74, 6) is -3.39. The number of nitrogens with zero attached hydrogens (tertiary/aromatic N) is 1. The molecule has 1 fully saturated rings. The molecule has 5 rings (SSSR count). The Morgan fingerprint density at radius 1 is 0.925 bits per heavy atom. The van der Waals surface area contributed by atoms with E-state index in [1.807, 2.05) is 0 Å². The van der Waals surface area contributed by atoms with Gasteiger partial charge in [0.05, 0.1) is 23.8 Å². The van der Waals surface area contributed by atoms with Gasteiger partial charge >= 0.3 is 0 Å². The highest BCUT2D eigenvalue weighted by molar-refractivity contribution is 6.35. The smallest absolute Gasteiger partial charge is 0.259 e. The standard InChI is InChI=1S/C29H26Cl2F2N4O3/c30-17-2-7-22(23(31)12-17)26-14-27(38)36-24-11-15(28(39)35-21-5-3-20(34)4-6-21)1-8-25(24)37(26)29(40)16-9-18(32)13-19(33)10-16/h1-2,7-13,20-21,26H,3-6,14,34H2,(H,35,39)(H,36,38). The predicted molar refractivity (Wildman–Crippen MR) is 150 cm³/mol. The highest BCUT2D eigenvalue weighted by atomic mass is 35.5. The Morgan fingerprint density at radius 2 is 1.62 bits per heavy atom. The average molecular weight is 587 g/mol. The highest BCUT2D eigenvalue weighted by Gasteiger charge is 2.36. The van der Waals surface area contributed by atoms with Gasteiger partial charge in [-0.1, -0.05) is 29.3 Å². The fourth-order valence-electron chi connectivity index (χ4n) is 5.24. The molecule has 4 N–H and O–H groups in total. The molecule has 0 bridgehead atoms. The van der Waals surface area contributed by atoms with E-state index in [9.17, 15) is 23.2 Å². The molecule has 1 aliphatic heterocycles. The lowest BCUT2D eigenvalue weighted by Gasteiger charge is -2.31. The van der Waals surface area contributed by atoms with Crippen LogP contribution >= 0.6 is 23.2 Å². The van der Waals surface area contributed by atoms with Crippen LogP contribution in [-0.2, 0) is 4.79 Å². The van der Waals surface area contributed by atoms with Gasteiger partial charge in [0.2, 0.25) is 5.91 Å². The summed E-state index contributed by atoms with van der Waals surface area (Å²) >= 11 is 12.6. The number of carbonyl (C=O) groups excluding carboxylic acids is 3. The molecule has 0 radical (unpaired) electrons. The largest absolute Gasteiger partial charge is 0.349 e. The van der Waals surface area contributed by atoms with Crippen molar-refractivity contribution in [2.24, 2.45) is 5.73 Å². The number of anilines is 2. The van der Waals surface area contributed by atoms with E-state index in [0.29, 0.717) is 16.7 Å². The molecule has 1 heterocycles. The Kier molecular flexibility index (Phi) is 8.07. The van der Waals surface area contributed by atoms with Crippen LogP contribution in [0.4, 0.5) is 20.2 Å². The molecule has 0 saturated heterocycles. The molecule has 208 valence electrons. The number of rotatable bonds is 4. The summed E-state index contributed by atoms with van der Waals surface area (Å²) in [4.78, 5) is 41.3. The van der Waals surface area contributed by atoms with Crippen molar-refractivity contribution in [3.63, 3.8) is 0 Å². The monoisotopic (exact) mass is 586 g/mol. The van der Waals surface area contributed by atoms with Crippen LogP contribution < -0.4 is 21.3 Å². The number of fused-ring (bicyclic) bond motifs is 1. The fraction of sp³-hybridized carbons (Fsp3) is 0.276. The first-order valence-electron chi connectivity index (χ1n) is 12.8. The first-order chi connectivity index (χ1) is 19.1. The van der Waals surface area contributed by atoms with Crippen LogP contribution in [0, 0.1) is 11.6 Å². The summed E-state index contributed by atoms with van der Waals surface area (Å²) in [7, 11) is 0. The van der Waals surface area contributed by atoms with Crippen molar-refractivity contribution < 1.29 is 23.2 Å². The average Bonchev–Trinajstić information content (AvgIpc) is 3.04. The maximum atomic E-state index is 14.1. The summed E-state index contributed by atoms with van der Waals surface area (Å²) in [5, 5.41) is 6.34. The molecule has 1 aliphatic carbocycles.